The standard InChI is InChI=1S/C7H7Cl2N.C7H9NO2.Cl2OS/c8-4-6-2-1-3-10-7(6)5-9;9-4-6-2-1-3-8-7(6)5-10;1-4(2)3/h1-3H,4-5H2;1-3,9-10H,4-5H2;. The maximum absolute atomic E-state index is 9.09. The molecule has 0 aliphatic rings. The zero-order valence-electron chi connectivity index (χ0n) is 12.4. The van der Waals surface area contributed by atoms with E-state index in [1.165, 1.54) is 0 Å². The maximum Gasteiger partial charge on any atom is 0.211 e. The van der Waals surface area contributed by atoms with E-state index in [1.807, 2.05) is 12.1 Å². The molecule has 134 valence electrons. The molecule has 0 aliphatic carbocycles. The molecule has 0 fully saturated rings. The van der Waals surface area contributed by atoms with E-state index in [0.717, 1.165) is 11.3 Å². The predicted molar refractivity (Wildman–Crippen MR) is 99.3 cm³/mol. The number of aliphatic hydroxyl groups excluding tert-OH is 2. The van der Waals surface area contributed by atoms with Crippen molar-refractivity contribution < 1.29 is 14.4 Å². The summed E-state index contributed by atoms with van der Waals surface area (Å²) in [4.78, 5) is 7.91. The van der Waals surface area contributed by atoms with Gasteiger partial charge in [-0.15, -0.1) is 23.2 Å². The molecule has 0 bridgehead atoms. The second kappa shape index (κ2) is 14.8. The van der Waals surface area contributed by atoms with Crippen LogP contribution in [0.15, 0.2) is 36.7 Å². The average molecular weight is 434 g/mol. The van der Waals surface area contributed by atoms with Gasteiger partial charge in [-0.3, -0.25) is 9.97 Å². The molecule has 5 nitrogen and oxygen atoms in total. The van der Waals surface area contributed by atoms with E-state index in [9.17, 15) is 0 Å². The molecule has 0 unspecified atom stereocenters. The van der Waals surface area contributed by atoms with E-state index in [0.29, 0.717) is 23.0 Å². The lowest BCUT2D eigenvalue weighted by Crippen LogP contribution is -1.95. The van der Waals surface area contributed by atoms with Gasteiger partial charge in [0, 0.05) is 45.2 Å². The molecule has 2 heterocycles. The summed E-state index contributed by atoms with van der Waals surface area (Å²) in [5.41, 5.74) is 3.12. The van der Waals surface area contributed by atoms with Crippen LogP contribution >= 0.6 is 44.6 Å². The highest BCUT2D eigenvalue weighted by Crippen LogP contribution is 2.10. The minimum atomic E-state index is -1.67. The zero-order valence-corrected chi connectivity index (χ0v) is 16.2. The molecule has 0 radical (unpaired) electrons. The molecule has 0 aliphatic heterocycles. The molecule has 0 atom stereocenters. The fraction of sp³-hybridized carbons (Fsp3) is 0.286. The van der Waals surface area contributed by atoms with Gasteiger partial charge in [0.25, 0.3) is 0 Å². The van der Waals surface area contributed by atoms with Crippen molar-refractivity contribution in [2.75, 3.05) is 0 Å². The molecule has 0 spiro atoms. The van der Waals surface area contributed by atoms with Crippen LogP contribution in [0.1, 0.15) is 22.5 Å². The first kappa shape index (κ1) is 23.5. The van der Waals surface area contributed by atoms with Gasteiger partial charge in [0.05, 0.1) is 30.5 Å². The van der Waals surface area contributed by atoms with Crippen LogP contribution in [0.5, 0.6) is 0 Å². The van der Waals surface area contributed by atoms with Crippen LogP contribution in [-0.4, -0.2) is 24.4 Å². The Balaban J connectivity index is 0.000000363. The van der Waals surface area contributed by atoms with Gasteiger partial charge in [-0.25, -0.2) is 4.21 Å². The minimum absolute atomic E-state index is 0.0657. The number of hydrogen-bond donors (Lipinski definition) is 2. The summed E-state index contributed by atoms with van der Waals surface area (Å²) in [6.07, 6.45) is 3.30. The smallest absolute Gasteiger partial charge is 0.211 e. The lowest BCUT2D eigenvalue weighted by atomic mass is 10.2. The van der Waals surface area contributed by atoms with Gasteiger partial charge in [0.2, 0.25) is 9.23 Å². The van der Waals surface area contributed by atoms with Gasteiger partial charge in [-0.05, 0) is 17.7 Å². The van der Waals surface area contributed by atoms with E-state index < -0.39 is 9.23 Å². The monoisotopic (exact) mass is 432 g/mol. The highest BCUT2D eigenvalue weighted by Gasteiger charge is 1.98. The highest BCUT2D eigenvalue weighted by molar-refractivity contribution is 8.26. The van der Waals surface area contributed by atoms with Crippen LogP contribution in [0.25, 0.3) is 0 Å². The Hall–Kier alpha value is -0.470. The van der Waals surface area contributed by atoms with E-state index in [2.05, 4.69) is 31.3 Å². The number of hydrogen-bond acceptors (Lipinski definition) is 5. The fourth-order valence-corrected chi connectivity index (χ4v) is 1.95. The summed E-state index contributed by atoms with van der Waals surface area (Å²) < 4.78 is 9.09. The van der Waals surface area contributed by atoms with Crippen LogP contribution in [-0.2, 0) is 34.2 Å². The summed E-state index contributed by atoms with van der Waals surface area (Å²) >= 11 is 11.2. The van der Waals surface area contributed by atoms with E-state index >= 15 is 0 Å². The number of aromatic nitrogens is 2. The molecule has 2 N–H and O–H groups in total. The largest absolute Gasteiger partial charge is 0.392 e. The van der Waals surface area contributed by atoms with Crippen LogP contribution in [0.2, 0.25) is 0 Å². The minimum Gasteiger partial charge on any atom is -0.392 e. The first-order valence-corrected chi connectivity index (χ1v) is 10.3. The Morgan fingerprint density at radius 3 is 1.71 bits per heavy atom. The Kier molecular flexibility index (Phi) is 14.5. The molecule has 0 saturated carbocycles. The van der Waals surface area contributed by atoms with Gasteiger partial charge >= 0.3 is 0 Å². The third-order valence-electron chi connectivity index (χ3n) is 2.56. The molecule has 0 aromatic carbocycles. The Morgan fingerprint density at radius 2 is 1.38 bits per heavy atom. The molecule has 2 aromatic heterocycles. The van der Waals surface area contributed by atoms with E-state index in [4.69, 9.17) is 37.6 Å². The van der Waals surface area contributed by atoms with Gasteiger partial charge in [0.15, 0.2) is 0 Å². The van der Waals surface area contributed by atoms with Crippen LogP contribution in [0.4, 0.5) is 0 Å². The Labute approximate surface area is 162 Å². The van der Waals surface area contributed by atoms with Gasteiger partial charge in [-0.1, -0.05) is 12.1 Å². The number of rotatable bonds is 4. The molecular formula is C14H16Cl4N2O3S. The molecule has 24 heavy (non-hydrogen) atoms. The average Bonchev–Trinajstić information content (AvgIpc) is 2.61. The fourth-order valence-electron chi connectivity index (χ4n) is 1.47. The van der Waals surface area contributed by atoms with E-state index in [-0.39, 0.29) is 13.2 Å². The predicted octanol–water partition coefficient (Wildman–Crippen LogP) is 3.67. The Bertz CT molecular complexity index is 523. The zero-order chi connectivity index (χ0) is 18.4. The van der Waals surface area contributed by atoms with Gasteiger partial charge < -0.3 is 10.2 Å². The highest BCUT2D eigenvalue weighted by atomic mass is 36.0. The molecule has 2 aromatic rings. The van der Waals surface area contributed by atoms with Crippen molar-refractivity contribution in [2.24, 2.45) is 0 Å². The van der Waals surface area contributed by atoms with Gasteiger partial charge in [-0.2, -0.15) is 0 Å². The molecule has 0 saturated heterocycles. The van der Waals surface area contributed by atoms with E-state index in [1.54, 1.807) is 24.5 Å². The lowest BCUT2D eigenvalue weighted by Gasteiger charge is -1.99. The topological polar surface area (TPSA) is 83.3 Å². The van der Waals surface area contributed by atoms with Crippen LogP contribution in [0.3, 0.4) is 0 Å². The lowest BCUT2D eigenvalue weighted by molar-refractivity contribution is 0.256. The van der Waals surface area contributed by atoms with Crippen molar-refractivity contribution in [3.63, 3.8) is 0 Å². The third kappa shape index (κ3) is 10.4. The van der Waals surface area contributed by atoms with Crippen molar-refractivity contribution in [1.82, 2.24) is 9.97 Å². The first-order chi connectivity index (χ1) is 11.5. The number of halogens is 4. The molecular weight excluding hydrogens is 418 g/mol. The molecule has 10 heteroatoms. The second-order valence-electron chi connectivity index (χ2n) is 3.99. The summed E-state index contributed by atoms with van der Waals surface area (Å²) in [6, 6.07) is 7.24. The van der Waals surface area contributed by atoms with Crippen molar-refractivity contribution >= 4 is 53.8 Å². The summed E-state index contributed by atoms with van der Waals surface area (Å²) in [5, 5.41) is 17.4. The second-order valence-corrected chi connectivity index (χ2v) is 7.05. The quantitative estimate of drug-likeness (QED) is 0.567. The molecule has 0 amide bonds. The first-order valence-electron chi connectivity index (χ1n) is 6.43. The summed E-state index contributed by atoms with van der Waals surface area (Å²) in [7, 11) is 7.36. The summed E-state index contributed by atoms with van der Waals surface area (Å²) in [6.45, 7) is -0.180. The molecule has 2 rings (SSSR count). The number of alkyl halides is 2. The number of aliphatic hydroxyl groups is 2. The number of pyridine rings is 2. The SMILES string of the molecule is ClCc1cccnc1CCl.O=S(Cl)Cl.OCc1cccnc1CO. The van der Waals surface area contributed by atoms with Crippen LogP contribution in [0, 0.1) is 0 Å². The van der Waals surface area contributed by atoms with Gasteiger partial charge in [0.1, 0.15) is 0 Å². The van der Waals surface area contributed by atoms with Crippen LogP contribution < -0.4 is 0 Å². The normalized spacial score (nSPS) is 9.62. The Morgan fingerprint density at radius 1 is 0.875 bits per heavy atom. The number of nitrogens with zero attached hydrogens (tertiary/aromatic N) is 2. The summed E-state index contributed by atoms with van der Waals surface area (Å²) in [5.74, 6) is 0.915. The van der Waals surface area contributed by atoms with Crippen molar-refractivity contribution in [3.05, 3.63) is 59.2 Å². The van der Waals surface area contributed by atoms with Crippen molar-refractivity contribution in [1.29, 1.82) is 0 Å². The maximum atomic E-state index is 9.09. The van der Waals surface area contributed by atoms with Crippen molar-refractivity contribution in [2.45, 2.75) is 25.0 Å². The third-order valence-corrected chi connectivity index (χ3v) is 3.10. The van der Waals surface area contributed by atoms with Crippen molar-refractivity contribution in [3.8, 4) is 0 Å².